The SMILES string of the molecule is Cc1ccc(S(=O)(=O)n2cc(/C=C/C(=O)Cl)c3ccccc32)cc1. The summed E-state index contributed by atoms with van der Waals surface area (Å²) in [5, 5.41) is 0.107. The highest BCUT2D eigenvalue weighted by Gasteiger charge is 2.20. The van der Waals surface area contributed by atoms with E-state index in [1.165, 1.54) is 22.3 Å². The zero-order valence-corrected chi connectivity index (χ0v) is 14.4. The van der Waals surface area contributed by atoms with Gasteiger partial charge in [0.1, 0.15) is 0 Å². The quantitative estimate of drug-likeness (QED) is 0.523. The van der Waals surface area contributed by atoms with Gasteiger partial charge in [-0.2, -0.15) is 0 Å². The first kappa shape index (κ1) is 16.5. The molecule has 122 valence electrons. The Hall–Kier alpha value is -2.37. The van der Waals surface area contributed by atoms with Gasteiger partial charge in [-0.05, 0) is 48.9 Å². The molecule has 0 spiro atoms. The van der Waals surface area contributed by atoms with Crippen LogP contribution in [0.4, 0.5) is 0 Å². The number of aryl methyl sites for hydroxylation is 1. The highest BCUT2D eigenvalue weighted by atomic mass is 35.5. The van der Waals surface area contributed by atoms with Gasteiger partial charge in [-0.25, -0.2) is 12.4 Å². The number of rotatable bonds is 4. The van der Waals surface area contributed by atoms with Gasteiger partial charge in [0.05, 0.1) is 10.4 Å². The fourth-order valence-electron chi connectivity index (χ4n) is 2.49. The van der Waals surface area contributed by atoms with Crippen molar-refractivity contribution in [2.24, 2.45) is 0 Å². The molecule has 6 heteroatoms. The molecule has 1 aromatic heterocycles. The summed E-state index contributed by atoms with van der Waals surface area (Å²) in [6, 6.07) is 13.8. The highest BCUT2D eigenvalue weighted by molar-refractivity contribution is 7.90. The lowest BCUT2D eigenvalue weighted by Crippen LogP contribution is -2.11. The van der Waals surface area contributed by atoms with Crippen molar-refractivity contribution in [1.29, 1.82) is 0 Å². The molecule has 1 heterocycles. The Morgan fingerprint density at radius 1 is 1.08 bits per heavy atom. The van der Waals surface area contributed by atoms with Crippen molar-refractivity contribution in [3.63, 3.8) is 0 Å². The number of fused-ring (bicyclic) bond motifs is 1. The van der Waals surface area contributed by atoms with Crippen molar-refractivity contribution < 1.29 is 13.2 Å². The lowest BCUT2D eigenvalue weighted by molar-refractivity contribution is -0.107. The average molecular weight is 360 g/mol. The molecule has 0 aliphatic carbocycles. The standard InChI is InChI=1S/C18H14ClNO3S/c1-13-6-9-15(10-7-13)24(22,23)20-12-14(8-11-18(19)21)16-4-2-3-5-17(16)20/h2-12H,1H3/b11-8+. The topological polar surface area (TPSA) is 56.1 Å². The number of nitrogens with zero attached hydrogens (tertiary/aromatic N) is 1. The maximum absolute atomic E-state index is 13.0. The lowest BCUT2D eigenvalue weighted by Gasteiger charge is -2.07. The van der Waals surface area contributed by atoms with E-state index >= 15 is 0 Å². The van der Waals surface area contributed by atoms with Crippen LogP contribution in [0.25, 0.3) is 17.0 Å². The lowest BCUT2D eigenvalue weighted by atomic mass is 10.2. The second kappa shape index (κ2) is 6.26. The Bertz CT molecular complexity index is 1050. The van der Waals surface area contributed by atoms with E-state index in [0.29, 0.717) is 11.1 Å². The van der Waals surface area contributed by atoms with Gasteiger partial charge in [0.2, 0.25) is 5.24 Å². The Labute approximate surface area is 145 Å². The Morgan fingerprint density at radius 3 is 2.42 bits per heavy atom. The molecule has 2 aromatic carbocycles. The summed E-state index contributed by atoms with van der Waals surface area (Å²) in [4.78, 5) is 11.2. The number of hydrogen-bond acceptors (Lipinski definition) is 3. The molecule has 0 saturated carbocycles. The number of hydrogen-bond donors (Lipinski definition) is 0. The Kier molecular flexibility index (Phi) is 4.30. The Morgan fingerprint density at radius 2 is 1.75 bits per heavy atom. The van der Waals surface area contributed by atoms with Crippen LogP contribution in [0, 0.1) is 6.92 Å². The predicted molar refractivity (Wildman–Crippen MR) is 95.6 cm³/mol. The van der Waals surface area contributed by atoms with Gasteiger partial charge in [-0.1, -0.05) is 35.9 Å². The van der Waals surface area contributed by atoms with Crippen molar-refractivity contribution >= 4 is 43.8 Å². The fourth-order valence-corrected chi connectivity index (χ4v) is 3.93. The fraction of sp³-hybridized carbons (Fsp3) is 0.0556. The van der Waals surface area contributed by atoms with Crippen LogP contribution in [-0.4, -0.2) is 17.6 Å². The van der Waals surface area contributed by atoms with Gasteiger partial charge in [0, 0.05) is 17.1 Å². The Balaban J connectivity index is 2.22. The molecule has 0 N–H and O–H groups in total. The minimum atomic E-state index is -3.74. The number of halogens is 1. The van der Waals surface area contributed by atoms with E-state index in [9.17, 15) is 13.2 Å². The first-order chi connectivity index (χ1) is 11.4. The highest BCUT2D eigenvalue weighted by Crippen LogP contribution is 2.27. The third-order valence-corrected chi connectivity index (χ3v) is 5.49. The average Bonchev–Trinajstić information content (AvgIpc) is 2.93. The number of carbonyl (C=O) groups excluding carboxylic acids is 1. The summed E-state index contributed by atoms with van der Waals surface area (Å²) in [5.74, 6) is 0. The summed E-state index contributed by atoms with van der Waals surface area (Å²) < 4.78 is 27.1. The van der Waals surface area contributed by atoms with Crippen molar-refractivity contribution in [2.45, 2.75) is 11.8 Å². The maximum atomic E-state index is 13.0. The second-order valence-electron chi connectivity index (χ2n) is 5.35. The monoisotopic (exact) mass is 359 g/mol. The summed E-state index contributed by atoms with van der Waals surface area (Å²) in [7, 11) is -3.74. The van der Waals surface area contributed by atoms with Gasteiger partial charge in [-0.3, -0.25) is 4.79 Å². The third-order valence-electron chi connectivity index (χ3n) is 3.68. The molecule has 0 bridgehead atoms. The van der Waals surface area contributed by atoms with Crippen LogP contribution in [0.5, 0.6) is 0 Å². The molecular formula is C18H14ClNO3S. The van der Waals surface area contributed by atoms with Crippen molar-refractivity contribution in [2.75, 3.05) is 0 Å². The number of benzene rings is 2. The summed E-state index contributed by atoms with van der Waals surface area (Å²) in [6.07, 6.45) is 4.21. The predicted octanol–water partition coefficient (Wildman–Crippen LogP) is 3.97. The van der Waals surface area contributed by atoms with Crippen LogP contribution in [0.1, 0.15) is 11.1 Å². The molecule has 24 heavy (non-hydrogen) atoms. The molecule has 0 amide bonds. The van der Waals surface area contributed by atoms with Crippen molar-refractivity contribution in [3.8, 4) is 0 Å². The van der Waals surface area contributed by atoms with Crippen molar-refractivity contribution in [3.05, 3.63) is 71.9 Å². The smallest absolute Gasteiger partial charge is 0.268 e. The number of carbonyl (C=O) groups is 1. The number of aromatic nitrogens is 1. The largest absolute Gasteiger partial charge is 0.276 e. The molecule has 0 radical (unpaired) electrons. The molecule has 0 atom stereocenters. The van der Waals surface area contributed by atoms with E-state index in [2.05, 4.69) is 0 Å². The molecule has 3 rings (SSSR count). The molecule has 0 aliphatic heterocycles. The van der Waals surface area contributed by atoms with E-state index in [0.717, 1.165) is 10.9 Å². The zero-order chi connectivity index (χ0) is 17.3. The van der Waals surface area contributed by atoms with Crippen LogP contribution in [0.15, 0.2) is 65.7 Å². The van der Waals surface area contributed by atoms with Crippen LogP contribution in [-0.2, 0) is 14.8 Å². The van der Waals surface area contributed by atoms with Crippen LogP contribution >= 0.6 is 11.6 Å². The first-order valence-corrected chi connectivity index (χ1v) is 9.01. The van der Waals surface area contributed by atoms with Crippen LogP contribution < -0.4 is 0 Å². The first-order valence-electron chi connectivity index (χ1n) is 7.19. The van der Waals surface area contributed by atoms with E-state index < -0.39 is 15.3 Å². The van der Waals surface area contributed by atoms with Crippen LogP contribution in [0.2, 0.25) is 0 Å². The van der Waals surface area contributed by atoms with Gasteiger partial charge in [0.15, 0.2) is 0 Å². The summed E-state index contributed by atoms with van der Waals surface area (Å²) in [6.45, 7) is 1.90. The van der Waals surface area contributed by atoms with Gasteiger partial charge < -0.3 is 0 Å². The van der Waals surface area contributed by atoms with Gasteiger partial charge >= 0.3 is 0 Å². The third kappa shape index (κ3) is 3.00. The van der Waals surface area contributed by atoms with Crippen molar-refractivity contribution in [1.82, 2.24) is 3.97 Å². The normalized spacial score (nSPS) is 12.1. The maximum Gasteiger partial charge on any atom is 0.268 e. The minimum absolute atomic E-state index is 0.206. The summed E-state index contributed by atoms with van der Waals surface area (Å²) in [5.41, 5.74) is 2.13. The zero-order valence-electron chi connectivity index (χ0n) is 12.8. The molecule has 0 fully saturated rings. The number of allylic oxidation sites excluding steroid dienone is 1. The van der Waals surface area contributed by atoms with E-state index in [-0.39, 0.29) is 4.90 Å². The van der Waals surface area contributed by atoms with E-state index in [1.54, 1.807) is 42.5 Å². The van der Waals surface area contributed by atoms with Gasteiger partial charge in [-0.15, -0.1) is 0 Å². The van der Waals surface area contributed by atoms with Crippen LogP contribution in [0.3, 0.4) is 0 Å². The molecule has 0 unspecified atom stereocenters. The molecule has 3 aromatic rings. The minimum Gasteiger partial charge on any atom is -0.276 e. The van der Waals surface area contributed by atoms with E-state index in [4.69, 9.17) is 11.6 Å². The molecular weight excluding hydrogens is 346 g/mol. The summed E-state index contributed by atoms with van der Waals surface area (Å²) >= 11 is 5.34. The molecule has 4 nitrogen and oxygen atoms in total. The second-order valence-corrected chi connectivity index (χ2v) is 7.54. The van der Waals surface area contributed by atoms with Gasteiger partial charge in [0.25, 0.3) is 10.0 Å². The van der Waals surface area contributed by atoms with E-state index in [1.807, 2.05) is 13.0 Å². The molecule has 0 saturated heterocycles. The molecule has 0 aliphatic rings. The number of para-hydroxylation sites is 1.